The lowest BCUT2D eigenvalue weighted by molar-refractivity contribution is 0.0688. The number of amides is 1. The normalized spacial score (nSPS) is 9.81. The monoisotopic (exact) mass is 292 g/mol. The molecular formula is C15H20N2O4. The average molecular weight is 292 g/mol. The zero-order chi connectivity index (χ0) is 15.3. The molecule has 6 nitrogen and oxygen atoms in total. The molecule has 0 saturated heterocycles. The molecule has 1 heterocycles. The number of nitrogens with zero attached hydrogens (tertiary/aromatic N) is 1. The predicted molar refractivity (Wildman–Crippen MR) is 77.8 cm³/mol. The Morgan fingerprint density at radius 2 is 2.24 bits per heavy atom. The molecule has 0 fully saturated rings. The van der Waals surface area contributed by atoms with Crippen LogP contribution < -0.4 is 5.32 Å². The van der Waals surface area contributed by atoms with E-state index in [4.69, 9.17) is 14.6 Å². The first kappa shape index (κ1) is 17.1. The average Bonchev–Trinajstić information content (AvgIpc) is 2.52. The third-order valence-electron chi connectivity index (χ3n) is 2.50. The molecule has 0 radical (unpaired) electrons. The second kappa shape index (κ2) is 10.8. The summed E-state index contributed by atoms with van der Waals surface area (Å²) in [6.07, 6.45) is 3.75. The van der Waals surface area contributed by atoms with Gasteiger partial charge in [-0.3, -0.25) is 9.78 Å². The number of hydrogen-bond acceptors (Lipinski definition) is 5. The Labute approximate surface area is 124 Å². The van der Waals surface area contributed by atoms with Crippen molar-refractivity contribution >= 4 is 5.91 Å². The van der Waals surface area contributed by atoms with Crippen LogP contribution in [0.15, 0.2) is 18.5 Å². The van der Waals surface area contributed by atoms with Crippen molar-refractivity contribution in [3.63, 3.8) is 0 Å². The zero-order valence-electron chi connectivity index (χ0n) is 12.1. The molecule has 1 aromatic heterocycles. The number of hydrogen-bond donors (Lipinski definition) is 2. The Morgan fingerprint density at radius 3 is 3.00 bits per heavy atom. The molecule has 114 valence electrons. The summed E-state index contributed by atoms with van der Waals surface area (Å²) in [7, 11) is 1.62. The van der Waals surface area contributed by atoms with Crippen LogP contribution in [-0.2, 0) is 9.47 Å². The highest BCUT2D eigenvalue weighted by Crippen LogP contribution is 2.01. The molecule has 6 heteroatoms. The van der Waals surface area contributed by atoms with Crippen molar-refractivity contribution in [2.24, 2.45) is 0 Å². The molecule has 1 rings (SSSR count). The highest BCUT2D eigenvalue weighted by Gasteiger charge is 2.05. The molecule has 0 aromatic carbocycles. The lowest BCUT2D eigenvalue weighted by Gasteiger charge is -2.06. The van der Waals surface area contributed by atoms with Gasteiger partial charge in [0.05, 0.1) is 18.8 Å². The third kappa shape index (κ3) is 7.42. The number of carbonyl (C=O) groups excluding carboxylic acids is 1. The number of aliphatic hydroxyl groups excluding tert-OH is 1. The highest BCUT2D eigenvalue weighted by atomic mass is 16.5. The number of nitrogens with one attached hydrogen (secondary N) is 1. The van der Waals surface area contributed by atoms with Crippen molar-refractivity contribution in [2.75, 3.05) is 40.1 Å². The summed E-state index contributed by atoms with van der Waals surface area (Å²) in [4.78, 5) is 15.8. The van der Waals surface area contributed by atoms with Crippen molar-refractivity contribution < 1.29 is 19.4 Å². The van der Waals surface area contributed by atoms with E-state index >= 15 is 0 Å². The van der Waals surface area contributed by atoms with Gasteiger partial charge in [-0.05, 0) is 12.5 Å². The number of ether oxygens (including phenoxy) is 2. The minimum atomic E-state index is -0.223. The summed E-state index contributed by atoms with van der Waals surface area (Å²) < 4.78 is 10.1. The molecule has 0 atom stereocenters. The van der Waals surface area contributed by atoms with Gasteiger partial charge in [-0.25, -0.2) is 0 Å². The molecule has 0 aliphatic heterocycles. The zero-order valence-corrected chi connectivity index (χ0v) is 12.1. The van der Waals surface area contributed by atoms with Gasteiger partial charge in [-0.1, -0.05) is 11.8 Å². The molecule has 0 aliphatic rings. The summed E-state index contributed by atoms with van der Waals surface area (Å²) in [5, 5.41) is 11.4. The van der Waals surface area contributed by atoms with Gasteiger partial charge in [0.1, 0.15) is 6.61 Å². The molecule has 0 saturated carbocycles. The van der Waals surface area contributed by atoms with E-state index in [2.05, 4.69) is 22.1 Å². The highest BCUT2D eigenvalue weighted by molar-refractivity contribution is 5.94. The lowest BCUT2D eigenvalue weighted by Crippen LogP contribution is -2.25. The first-order chi connectivity index (χ1) is 10.3. The smallest absolute Gasteiger partial charge is 0.252 e. The number of aromatic nitrogens is 1. The van der Waals surface area contributed by atoms with Gasteiger partial charge >= 0.3 is 0 Å². The summed E-state index contributed by atoms with van der Waals surface area (Å²) >= 11 is 0. The second-order valence-electron chi connectivity index (χ2n) is 4.14. The van der Waals surface area contributed by atoms with E-state index < -0.39 is 0 Å². The van der Waals surface area contributed by atoms with E-state index in [0.29, 0.717) is 37.5 Å². The van der Waals surface area contributed by atoms with Crippen molar-refractivity contribution in [2.45, 2.75) is 6.42 Å². The van der Waals surface area contributed by atoms with E-state index in [9.17, 15) is 4.79 Å². The fourth-order valence-corrected chi connectivity index (χ4v) is 1.50. The SMILES string of the molecule is COCCOCCCNC(=O)c1cncc(C#CCO)c1. The quantitative estimate of drug-likeness (QED) is 0.529. The molecule has 21 heavy (non-hydrogen) atoms. The maximum atomic E-state index is 11.9. The standard InChI is InChI=1S/C15H20N2O4/c1-20-8-9-21-7-3-5-17-15(19)14-10-13(4-2-6-18)11-16-12-14/h10-12,18H,3,5-9H2,1H3,(H,17,19). The van der Waals surface area contributed by atoms with Crippen LogP contribution in [0.4, 0.5) is 0 Å². The maximum absolute atomic E-state index is 11.9. The molecule has 0 bridgehead atoms. The number of carbonyl (C=O) groups is 1. The summed E-state index contributed by atoms with van der Waals surface area (Å²) in [6, 6.07) is 1.64. The van der Waals surface area contributed by atoms with Gasteiger partial charge in [0.25, 0.3) is 5.91 Å². The largest absolute Gasteiger partial charge is 0.384 e. The van der Waals surface area contributed by atoms with E-state index in [1.807, 2.05) is 0 Å². The van der Waals surface area contributed by atoms with Gasteiger partial charge in [-0.15, -0.1) is 0 Å². The van der Waals surface area contributed by atoms with Crippen molar-refractivity contribution in [1.82, 2.24) is 10.3 Å². The van der Waals surface area contributed by atoms with E-state index in [1.54, 1.807) is 19.4 Å². The molecule has 0 unspecified atom stereocenters. The first-order valence-corrected chi connectivity index (χ1v) is 6.67. The molecular weight excluding hydrogens is 272 g/mol. The van der Waals surface area contributed by atoms with Crippen LogP contribution >= 0.6 is 0 Å². The number of pyridine rings is 1. The van der Waals surface area contributed by atoms with Gasteiger partial charge in [0, 0.05) is 38.2 Å². The Morgan fingerprint density at radius 1 is 1.38 bits per heavy atom. The molecule has 0 spiro atoms. The van der Waals surface area contributed by atoms with E-state index in [-0.39, 0.29) is 12.5 Å². The fourth-order valence-electron chi connectivity index (χ4n) is 1.50. The molecule has 2 N–H and O–H groups in total. The number of methoxy groups -OCH3 is 1. The van der Waals surface area contributed by atoms with Crippen LogP contribution in [0, 0.1) is 11.8 Å². The van der Waals surface area contributed by atoms with Gasteiger partial charge in [-0.2, -0.15) is 0 Å². The third-order valence-corrected chi connectivity index (χ3v) is 2.50. The van der Waals surface area contributed by atoms with Crippen LogP contribution in [0.25, 0.3) is 0 Å². The van der Waals surface area contributed by atoms with Crippen LogP contribution in [0.1, 0.15) is 22.3 Å². The molecule has 0 aliphatic carbocycles. The Hall–Kier alpha value is -1.94. The number of aliphatic hydroxyl groups is 1. The maximum Gasteiger partial charge on any atom is 0.252 e. The fraction of sp³-hybridized carbons (Fsp3) is 0.467. The van der Waals surface area contributed by atoms with Crippen molar-refractivity contribution in [3.8, 4) is 11.8 Å². The Bertz CT molecular complexity index is 494. The minimum absolute atomic E-state index is 0.202. The minimum Gasteiger partial charge on any atom is -0.384 e. The summed E-state index contributed by atoms with van der Waals surface area (Å²) in [5.41, 5.74) is 1.04. The topological polar surface area (TPSA) is 80.7 Å². The lowest BCUT2D eigenvalue weighted by atomic mass is 10.2. The Balaban J connectivity index is 2.32. The van der Waals surface area contributed by atoms with Crippen LogP contribution in [-0.4, -0.2) is 56.1 Å². The molecule has 1 amide bonds. The van der Waals surface area contributed by atoms with E-state index in [1.165, 1.54) is 6.20 Å². The van der Waals surface area contributed by atoms with E-state index in [0.717, 1.165) is 6.42 Å². The summed E-state index contributed by atoms with van der Waals surface area (Å²) in [6.45, 7) is 2.00. The number of rotatable bonds is 8. The van der Waals surface area contributed by atoms with Crippen molar-refractivity contribution in [1.29, 1.82) is 0 Å². The molecule has 1 aromatic rings. The predicted octanol–water partition coefficient (Wildman–Crippen LogP) is 0.208. The first-order valence-electron chi connectivity index (χ1n) is 6.67. The van der Waals surface area contributed by atoms with Crippen molar-refractivity contribution in [3.05, 3.63) is 29.6 Å². The van der Waals surface area contributed by atoms with Gasteiger partial charge < -0.3 is 19.9 Å². The van der Waals surface area contributed by atoms with Gasteiger partial charge in [0.15, 0.2) is 0 Å². The second-order valence-corrected chi connectivity index (χ2v) is 4.14. The summed E-state index contributed by atoms with van der Waals surface area (Å²) in [5.74, 6) is 5.02. The van der Waals surface area contributed by atoms with Crippen LogP contribution in [0.5, 0.6) is 0 Å². The van der Waals surface area contributed by atoms with Crippen LogP contribution in [0.2, 0.25) is 0 Å². The van der Waals surface area contributed by atoms with Gasteiger partial charge in [0.2, 0.25) is 0 Å². The van der Waals surface area contributed by atoms with Crippen LogP contribution in [0.3, 0.4) is 0 Å². The Kier molecular flexibility index (Phi) is 8.80.